The van der Waals surface area contributed by atoms with Gasteiger partial charge in [0.15, 0.2) is 5.54 Å². The van der Waals surface area contributed by atoms with Crippen molar-refractivity contribution in [2.45, 2.75) is 12.1 Å². The molecule has 4 amide bonds. The van der Waals surface area contributed by atoms with Gasteiger partial charge < -0.3 is 24.1 Å². The van der Waals surface area contributed by atoms with Gasteiger partial charge in [0, 0.05) is 23.6 Å². The predicted octanol–water partition coefficient (Wildman–Crippen LogP) is 2.14. The van der Waals surface area contributed by atoms with Gasteiger partial charge in [-0.3, -0.25) is 14.9 Å². The van der Waals surface area contributed by atoms with Crippen LogP contribution in [0.2, 0.25) is 0 Å². The highest BCUT2D eigenvalue weighted by Crippen LogP contribution is 2.35. The topological polar surface area (TPSA) is 110 Å². The van der Waals surface area contributed by atoms with Crippen molar-refractivity contribution in [3.8, 4) is 11.5 Å². The van der Waals surface area contributed by atoms with Crippen LogP contribution in [0.15, 0.2) is 46.9 Å². The van der Waals surface area contributed by atoms with Crippen molar-refractivity contribution in [2.75, 3.05) is 20.8 Å². The van der Waals surface area contributed by atoms with Gasteiger partial charge in [-0.25, -0.2) is 4.79 Å². The number of hydrogen-bond donors (Lipinski definition) is 2. The zero-order chi connectivity index (χ0) is 21.8. The van der Waals surface area contributed by atoms with Crippen molar-refractivity contribution in [2.24, 2.45) is 0 Å². The Morgan fingerprint density at radius 3 is 2.48 bits per heavy atom. The van der Waals surface area contributed by atoms with Crippen LogP contribution in [0.4, 0.5) is 4.79 Å². The molecule has 2 N–H and O–H groups in total. The molecule has 158 valence electrons. The molecular weight excluding hydrogens is 402 g/mol. The quantitative estimate of drug-likeness (QED) is 0.611. The summed E-state index contributed by atoms with van der Waals surface area (Å²) in [7, 11) is 3.08. The van der Waals surface area contributed by atoms with Gasteiger partial charge in [-0.1, -0.05) is 6.07 Å². The third-order valence-corrected chi connectivity index (χ3v) is 5.71. The van der Waals surface area contributed by atoms with Gasteiger partial charge in [-0.2, -0.15) is 0 Å². The molecule has 2 aromatic carbocycles. The maximum atomic E-state index is 13.0. The van der Waals surface area contributed by atoms with Crippen molar-refractivity contribution in [3.63, 3.8) is 0 Å². The molecule has 9 nitrogen and oxygen atoms in total. The highest BCUT2D eigenvalue weighted by atomic mass is 16.5. The lowest BCUT2D eigenvalue weighted by Gasteiger charge is -2.29. The smallest absolute Gasteiger partial charge is 0.322 e. The molecule has 5 rings (SSSR count). The van der Waals surface area contributed by atoms with Crippen molar-refractivity contribution in [1.82, 2.24) is 15.5 Å². The molecule has 1 saturated heterocycles. The number of fused-ring (bicyclic) bond motifs is 2. The van der Waals surface area contributed by atoms with E-state index in [9.17, 15) is 14.4 Å². The molecule has 1 atom stereocenters. The Balaban J connectivity index is 1.54. The van der Waals surface area contributed by atoms with Gasteiger partial charge in [-0.05, 0) is 35.9 Å². The van der Waals surface area contributed by atoms with Crippen LogP contribution in [-0.4, -0.2) is 43.5 Å². The minimum atomic E-state index is -1.55. The molecule has 0 saturated carbocycles. The highest BCUT2D eigenvalue weighted by molar-refractivity contribution is 6.08. The summed E-state index contributed by atoms with van der Waals surface area (Å²) in [5.74, 6) is 0.577. The second-order valence-electron chi connectivity index (χ2n) is 7.51. The fraction of sp³-hybridized carbons (Fsp3) is 0.227. The Morgan fingerprint density at radius 1 is 1.03 bits per heavy atom. The maximum absolute atomic E-state index is 13.0. The second-order valence-corrected chi connectivity index (χ2v) is 7.51. The summed E-state index contributed by atoms with van der Waals surface area (Å²) < 4.78 is 16.4. The van der Waals surface area contributed by atoms with Crippen molar-refractivity contribution in [3.05, 3.63) is 59.4 Å². The van der Waals surface area contributed by atoms with E-state index in [1.807, 2.05) is 6.07 Å². The van der Waals surface area contributed by atoms with Gasteiger partial charge in [0.25, 0.3) is 11.8 Å². The molecule has 1 fully saturated rings. The zero-order valence-corrected chi connectivity index (χ0v) is 16.9. The standard InChI is InChI=1S/C22H19N3O6/c1-29-14-6-4-13-10-25(19(26)16(13)8-14)11-22(20(27)23-21(28)24-22)18-7-12-3-5-15(30-2)9-17(12)31-18/h3-9H,10-11H2,1-2H3,(H2,23,24,27,28)/t22-/m0/s1. The molecule has 3 aromatic rings. The minimum Gasteiger partial charge on any atom is -0.497 e. The van der Waals surface area contributed by atoms with Crippen LogP contribution >= 0.6 is 0 Å². The molecule has 2 aliphatic rings. The Morgan fingerprint density at radius 2 is 1.77 bits per heavy atom. The predicted molar refractivity (Wildman–Crippen MR) is 109 cm³/mol. The van der Waals surface area contributed by atoms with Gasteiger partial charge >= 0.3 is 6.03 Å². The number of imide groups is 1. The summed E-state index contributed by atoms with van der Waals surface area (Å²) in [5, 5.41) is 5.69. The lowest BCUT2D eigenvalue weighted by molar-refractivity contribution is -0.125. The van der Waals surface area contributed by atoms with E-state index in [1.165, 1.54) is 12.0 Å². The molecule has 9 heteroatoms. The Kier molecular flexibility index (Phi) is 4.14. The molecular formula is C22H19N3O6. The third kappa shape index (κ3) is 2.89. The lowest BCUT2D eigenvalue weighted by Crippen LogP contribution is -2.52. The minimum absolute atomic E-state index is 0.0860. The zero-order valence-electron chi connectivity index (χ0n) is 16.9. The van der Waals surface area contributed by atoms with Crippen LogP contribution in [0.1, 0.15) is 21.7 Å². The summed E-state index contributed by atoms with van der Waals surface area (Å²) in [5.41, 5.74) is 0.280. The van der Waals surface area contributed by atoms with E-state index in [0.717, 1.165) is 10.9 Å². The van der Waals surface area contributed by atoms with E-state index < -0.39 is 17.5 Å². The molecule has 0 bridgehead atoms. The van der Waals surface area contributed by atoms with Gasteiger partial charge in [0.2, 0.25) is 0 Å². The Hall–Kier alpha value is -4.01. The number of nitrogens with one attached hydrogen (secondary N) is 2. The second kappa shape index (κ2) is 6.76. The summed E-state index contributed by atoms with van der Waals surface area (Å²) in [4.78, 5) is 39.6. The monoisotopic (exact) mass is 421 g/mol. The molecule has 0 aliphatic carbocycles. The van der Waals surface area contributed by atoms with Crippen LogP contribution in [-0.2, 0) is 16.9 Å². The SMILES string of the molecule is COc1ccc2c(c1)C(=O)N(C[C@@]1(c3cc4ccc(OC)cc4o3)NC(=O)NC1=O)C2. The van der Waals surface area contributed by atoms with E-state index in [0.29, 0.717) is 29.2 Å². The summed E-state index contributed by atoms with van der Waals surface area (Å²) in [6.45, 7) is 0.217. The Labute approximate surface area is 176 Å². The van der Waals surface area contributed by atoms with E-state index >= 15 is 0 Å². The van der Waals surface area contributed by atoms with Gasteiger partial charge in [-0.15, -0.1) is 0 Å². The summed E-state index contributed by atoms with van der Waals surface area (Å²) >= 11 is 0. The Bertz CT molecular complexity index is 1250. The lowest BCUT2D eigenvalue weighted by atomic mass is 9.95. The van der Waals surface area contributed by atoms with Crippen LogP contribution in [0.25, 0.3) is 11.0 Å². The number of rotatable bonds is 5. The van der Waals surface area contributed by atoms with Crippen LogP contribution in [0.3, 0.4) is 0 Å². The molecule has 0 spiro atoms. The highest BCUT2D eigenvalue weighted by Gasteiger charge is 2.53. The fourth-order valence-electron chi connectivity index (χ4n) is 4.08. The average molecular weight is 421 g/mol. The third-order valence-electron chi connectivity index (χ3n) is 5.71. The maximum Gasteiger partial charge on any atom is 0.322 e. The number of carbonyl (C=O) groups excluding carboxylic acids is 3. The van der Waals surface area contributed by atoms with Crippen molar-refractivity contribution < 1.29 is 28.3 Å². The molecule has 0 radical (unpaired) electrons. The summed E-state index contributed by atoms with van der Waals surface area (Å²) in [6.07, 6.45) is 0. The average Bonchev–Trinajstić information content (AvgIpc) is 3.41. The van der Waals surface area contributed by atoms with Gasteiger partial charge in [0.05, 0.1) is 20.8 Å². The number of hydrogen-bond acceptors (Lipinski definition) is 6. The van der Waals surface area contributed by atoms with Crippen molar-refractivity contribution >= 4 is 28.8 Å². The van der Waals surface area contributed by atoms with Crippen LogP contribution < -0.4 is 20.1 Å². The largest absolute Gasteiger partial charge is 0.497 e. The number of urea groups is 1. The first-order chi connectivity index (χ1) is 14.9. The van der Waals surface area contributed by atoms with E-state index in [1.54, 1.807) is 43.5 Å². The number of benzene rings is 2. The number of ether oxygens (including phenoxy) is 2. The summed E-state index contributed by atoms with van der Waals surface area (Å²) in [6, 6.07) is 11.6. The molecule has 3 heterocycles. The van der Waals surface area contributed by atoms with E-state index in [2.05, 4.69) is 10.6 Å². The normalized spacial score (nSPS) is 20.1. The molecule has 0 unspecified atom stereocenters. The van der Waals surface area contributed by atoms with E-state index in [4.69, 9.17) is 13.9 Å². The number of methoxy groups -OCH3 is 2. The number of carbonyl (C=O) groups is 3. The number of nitrogens with zero attached hydrogens (tertiary/aromatic N) is 1. The number of furan rings is 1. The van der Waals surface area contributed by atoms with Crippen molar-refractivity contribution in [1.29, 1.82) is 0 Å². The molecule has 31 heavy (non-hydrogen) atoms. The first kappa shape index (κ1) is 19.0. The van der Waals surface area contributed by atoms with Gasteiger partial charge in [0.1, 0.15) is 22.8 Å². The first-order valence-corrected chi connectivity index (χ1v) is 9.61. The van der Waals surface area contributed by atoms with Crippen LogP contribution in [0, 0.1) is 0 Å². The fourth-order valence-corrected chi connectivity index (χ4v) is 4.08. The number of amides is 4. The molecule has 2 aliphatic heterocycles. The molecule has 1 aromatic heterocycles. The van der Waals surface area contributed by atoms with Crippen LogP contribution in [0.5, 0.6) is 11.5 Å². The first-order valence-electron chi connectivity index (χ1n) is 9.61. The van der Waals surface area contributed by atoms with E-state index in [-0.39, 0.29) is 18.2 Å².